The fourth-order valence-corrected chi connectivity index (χ4v) is 11.1. The number of ether oxygens (including phenoxy) is 1. The lowest BCUT2D eigenvalue weighted by Crippen LogP contribution is -2.69. The molecular weight excluding hydrogens is 672 g/mol. The Bertz CT molecular complexity index is 1260. The van der Waals surface area contributed by atoms with E-state index in [1.165, 1.54) is 76.4 Å². The van der Waals surface area contributed by atoms with Gasteiger partial charge in [-0.15, -0.1) is 0 Å². The first-order valence-electron chi connectivity index (χ1n) is 20.5. The maximum atomic E-state index is 17.4. The summed E-state index contributed by atoms with van der Waals surface area (Å²) in [5, 5.41) is 23.7. The van der Waals surface area contributed by atoms with Crippen LogP contribution in [0.2, 0.25) is 0 Å². The minimum absolute atomic E-state index is 0. The number of hydrogen-bond acceptors (Lipinski definition) is 6. The molecular formula is C45H73FO5S. The molecule has 0 aromatic rings. The lowest BCUT2D eigenvalue weighted by molar-refractivity contribution is -0.218. The Morgan fingerprint density at radius 2 is 1.60 bits per heavy atom. The van der Waals surface area contributed by atoms with Gasteiger partial charge < -0.3 is 14.9 Å². The van der Waals surface area contributed by atoms with Crippen molar-refractivity contribution in [3.05, 3.63) is 48.1 Å². The summed E-state index contributed by atoms with van der Waals surface area (Å²) < 4.78 is 23.2. The zero-order chi connectivity index (χ0) is 37.0. The van der Waals surface area contributed by atoms with E-state index in [1.54, 1.807) is 24.8 Å². The van der Waals surface area contributed by atoms with Crippen molar-refractivity contribution in [2.75, 3.05) is 24.7 Å². The molecule has 0 aliphatic heterocycles. The van der Waals surface area contributed by atoms with Crippen molar-refractivity contribution in [3.63, 3.8) is 0 Å². The van der Waals surface area contributed by atoms with E-state index in [4.69, 9.17) is 4.74 Å². The number of aliphatic hydroxyl groups excluding tert-OH is 1. The first kappa shape index (κ1) is 44.9. The molecule has 0 unspecified atom stereocenters. The maximum Gasteiger partial charge on any atom is 0.178 e. The van der Waals surface area contributed by atoms with Gasteiger partial charge in [0.15, 0.2) is 17.2 Å². The molecule has 0 aromatic carbocycles. The van der Waals surface area contributed by atoms with Crippen LogP contribution < -0.4 is 0 Å². The van der Waals surface area contributed by atoms with E-state index in [1.807, 2.05) is 13.8 Å². The number of carbonyl (C=O) groups is 2. The van der Waals surface area contributed by atoms with Gasteiger partial charge in [0.2, 0.25) is 0 Å². The highest BCUT2D eigenvalue weighted by Crippen LogP contribution is 2.70. The molecule has 5 nitrogen and oxygen atoms in total. The fourth-order valence-electron chi connectivity index (χ4n) is 10.1. The summed E-state index contributed by atoms with van der Waals surface area (Å²) in [5.74, 6) is -0.346. The average molecular weight is 745 g/mol. The van der Waals surface area contributed by atoms with Crippen molar-refractivity contribution in [1.29, 1.82) is 0 Å². The molecule has 52 heavy (non-hydrogen) atoms. The van der Waals surface area contributed by atoms with Gasteiger partial charge in [-0.2, -0.15) is 11.8 Å². The monoisotopic (exact) mass is 745 g/mol. The second-order valence-corrected chi connectivity index (χ2v) is 17.7. The van der Waals surface area contributed by atoms with Gasteiger partial charge in [-0.3, -0.25) is 9.59 Å². The predicted molar refractivity (Wildman–Crippen MR) is 216 cm³/mol. The Morgan fingerprint density at radius 3 is 2.29 bits per heavy atom. The molecule has 4 aliphatic rings. The average Bonchev–Trinajstić information content (AvgIpc) is 3.30. The van der Waals surface area contributed by atoms with Crippen LogP contribution >= 0.6 is 11.8 Å². The third-order valence-electron chi connectivity index (χ3n) is 13.2. The van der Waals surface area contributed by atoms with Crippen LogP contribution in [0.3, 0.4) is 0 Å². The largest absolute Gasteiger partial charge is 0.390 e. The van der Waals surface area contributed by atoms with Crippen LogP contribution in [-0.2, 0) is 14.3 Å². The summed E-state index contributed by atoms with van der Waals surface area (Å²) in [7, 11) is 0. The molecule has 0 saturated heterocycles. The standard InChI is InChI=1S/C44H69FO5S.CH4/c1-5-6-7-8-9-10-11-12-13-14-15-16-17-18-19-20-27-50-28-21-22-29-51-33-40(48)44(49)34(2)30-38-37-24-23-35-31-36(46)25-26-41(35,3)43(37,45)39(47)32-42(38,44)4;/h9-10,12-13,25-26,31,34,37-39,47,49H,5-8,11,14-24,27-30,32-33H2,1-4H3;1H4/b10-9-,13-12-;/t34-,37+,38+,39+,41+,42+,43+,44+;/m1./s1. The van der Waals surface area contributed by atoms with Crippen molar-refractivity contribution in [3.8, 4) is 0 Å². The van der Waals surface area contributed by atoms with Crippen LogP contribution in [0.5, 0.6) is 0 Å². The maximum absolute atomic E-state index is 17.4. The molecule has 0 amide bonds. The SMILES string of the molecule is C.CCCCC/C=C\C/C=C\CCCCCCCCOCCCCSCC(=O)[C@@]1(O)[C@H](C)C[C@H]2[C@@H]3CCC4=CC(=O)C=C[C@]4(C)[C@@]3(F)[C@@H](O)C[C@@]21C. The second kappa shape index (κ2) is 20.9. The van der Waals surface area contributed by atoms with Crippen LogP contribution in [0.15, 0.2) is 48.1 Å². The summed E-state index contributed by atoms with van der Waals surface area (Å²) in [6.07, 6.45) is 30.9. The molecule has 3 fully saturated rings. The van der Waals surface area contributed by atoms with Crippen LogP contribution in [0.1, 0.15) is 151 Å². The molecule has 0 heterocycles. The van der Waals surface area contributed by atoms with Gasteiger partial charge in [-0.1, -0.05) is 103 Å². The van der Waals surface area contributed by atoms with Crippen molar-refractivity contribution in [2.45, 2.75) is 168 Å². The highest BCUT2D eigenvalue weighted by atomic mass is 32.2. The number of ketones is 2. The van der Waals surface area contributed by atoms with E-state index in [-0.39, 0.29) is 43.0 Å². The Morgan fingerprint density at radius 1 is 0.962 bits per heavy atom. The Balaban J connectivity index is 0.00000729. The molecule has 7 heteroatoms. The van der Waals surface area contributed by atoms with E-state index in [9.17, 15) is 19.8 Å². The molecule has 0 radical (unpaired) electrons. The van der Waals surface area contributed by atoms with Crippen LogP contribution in [0.4, 0.5) is 4.39 Å². The number of hydrogen-bond donors (Lipinski definition) is 2. The van der Waals surface area contributed by atoms with E-state index in [0.29, 0.717) is 19.3 Å². The number of allylic oxidation sites excluding steroid dienone is 8. The van der Waals surface area contributed by atoms with Gasteiger partial charge >= 0.3 is 0 Å². The topological polar surface area (TPSA) is 83.8 Å². The minimum Gasteiger partial charge on any atom is -0.390 e. The highest BCUT2D eigenvalue weighted by molar-refractivity contribution is 7.99. The van der Waals surface area contributed by atoms with Crippen LogP contribution in [-0.4, -0.2) is 63.9 Å². The molecule has 0 spiro atoms. The summed E-state index contributed by atoms with van der Waals surface area (Å²) in [4.78, 5) is 25.9. The number of thioether (sulfide) groups is 1. The van der Waals surface area contributed by atoms with Gasteiger partial charge in [0.25, 0.3) is 0 Å². The number of unbranched alkanes of at least 4 members (excludes halogenated alkanes) is 10. The molecule has 8 atom stereocenters. The Hall–Kier alpha value is -1.54. The smallest absolute Gasteiger partial charge is 0.178 e. The normalized spacial score (nSPS) is 33.9. The zero-order valence-corrected chi connectivity index (χ0v) is 33.1. The number of rotatable bonds is 23. The quantitative estimate of drug-likeness (QED) is 0.0801. The Kier molecular flexibility index (Phi) is 18.1. The number of aliphatic hydroxyl groups is 2. The molecule has 3 saturated carbocycles. The highest BCUT2D eigenvalue weighted by Gasteiger charge is 2.75. The van der Waals surface area contributed by atoms with Gasteiger partial charge in [0.05, 0.1) is 11.9 Å². The number of fused-ring (bicyclic) bond motifs is 5. The summed E-state index contributed by atoms with van der Waals surface area (Å²) in [6, 6.07) is 0. The minimum atomic E-state index is -1.95. The predicted octanol–water partition coefficient (Wildman–Crippen LogP) is 10.9. The molecule has 0 bridgehead atoms. The molecule has 4 rings (SSSR count). The Labute approximate surface area is 320 Å². The van der Waals surface area contributed by atoms with E-state index < -0.39 is 34.1 Å². The fraction of sp³-hybridized carbons (Fsp3) is 0.778. The molecule has 4 aliphatic carbocycles. The van der Waals surface area contributed by atoms with Crippen LogP contribution in [0.25, 0.3) is 0 Å². The number of carbonyl (C=O) groups excluding carboxylic acids is 2. The van der Waals surface area contributed by atoms with E-state index in [2.05, 4.69) is 31.2 Å². The third-order valence-corrected chi connectivity index (χ3v) is 14.2. The van der Waals surface area contributed by atoms with E-state index in [0.717, 1.165) is 50.2 Å². The number of Topliss-reactive ketones (excluding diaryl/α,β-unsaturated/α-hetero) is 1. The van der Waals surface area contributed by atoms with Crippen molar-refractivity contribution in [1.82, 2.24) is 0 Å². The molecule has 0 aromatic heterocycles. The summed E-state index contributed by atoms with van der Waals surface area (Å²) in [6.45, 7) is 9.42. The lowest BCUT2D eigenvalue weighted by Gasteiger charge is -2.62. The molecule has 296 valence electrons. The zero-order valence-electron chi connectivity index (χ0n) is 32.3. The second-order valence-electron chi connectivity index (χ2n) is 16.5. The van der Waals surface area contributed by atoms with Gasteiger partial charge in [0, 0.05) is 30.0 Å². The first-order chi connectivity index (χ1) is 24.5. The summed E-state index contributed by atoms with van der Waals surface area (Å²) >= 11 is 1.56. The van der Waals surface area contributed by atoms with Crippen molar-refractivity contribution >= 4 is 23.3 Å². The number of alkyl halides is 1. The van der Waals surface area contributed by atoms with Gasteiger partial charge in [-0.25, -0.2) is 4.39 Å². The first-order valence-corrected chi connectivity index (χ1v) is 21.6. The lowest BCUT2D eigenvalue weighted by atomic mass is 9.44. The van der Waals surface area contributed by atoms with Crippen LogP contribution in [0, 0.1) is 28.6 Å². The van der Waals surface area contributed by atoms with Gasteiger partial charge in [-0.05, 0) is 114 Å². The van der Waals surface area contributed by atoms with Crippen molar-refractivity contribution < 1.29 is 28.9 Å². The molecule has 2 N–H and O–H groups in total. The van der Waals surface area contributed by atoms with Gasteiger partial charge in [0.1, 0.15) is 5.60 Å². The van der Waals surface area contributed by atoms with Crippen molar-refractivity contribution in [2.24, 2.45) is 28.6 Å². The number of halogens is 1. The third kappa shape index (κ3) is 9.81. The summed E-state index contributed by atoms with van der Waals surface area (Å²) in [5.41, 5.74) is -4.79. The van der Waals surface area contributed by atoms with E-state index >= 15 is 4.39 Å².